The van der Waals surface area contributed by atoms with Gasteiger partial charge in [-0.15, -0.1) is 11.3 Å². The van der Waals surface area contributed by atoms with Gasteiger partial charge in [0, 0.05) is 29.7 Å². The summed E-state index contributed by atoms with van der Waals surface area (Å²) in [5.41, 5.74) is 6.43. The van der Waals surface area contributed by atoms with Crippen LogP contribution in [-0.4, -0.2) is 25.1 Å². The SMILES string of the molecule is CN(CCCOc1cccc(N)c1)Cc1ccc(Cl)s1. The number of benzene rings is 1. The van der Waals surface area contributed by atoms with Gasteiger partial charge in [0.15, 0.2) is 0 Å². The smallest absolute Gasteiger partial charge is 0.121 e. The highest BCUT2D eigenvalue weighted by Gasteiger charge is 2.03. The summed E-state index contributed by atoms with van der Waals surface area (Å²) in [4.78, 5) is 3.56. The Balaban J connectivity index is 1.65. The first-order valence-electron chi connectivity index (χ1n) is 6.54. The van der Waals surface area contributed by atoms with Crippen LogP contribution in [-0.2, 0) is 6.54 Å². The molecule has 0 atom stereocenters. The summed E-state index contributed by atoms with van der Waals surface area (Å²) in [6.45, 7) is 2.60. The Morgan fingerprint density at radius 2 is 2.15 bits per heavy atom. The summed E-state index contributed by atoms with van der Waals surface area (Å²) >= 11 is 7.55. The molecule has 20 heavy (non-hydrogen) atoms. The summed E-state index contributed by atoms with van der Waals surface area (Å²) in [6.07, 6.45) is 0.977. The maximum atomic E-state index is 5.92. The number of rotatable bonds is 7. The maximum Gasteiger partial charge on any atom is 0.121 e. The molecule has 0 saturated carbocycles. The monoisotopic (exact) mass is 310 g/mol. The molecule has 0 aliphatic carbocycles. The minimum absolute atomic E-state index is 0.693. The fraction of sp³-hybridized carbons (Fsp3) is 0.333. The number of ether oxygens (including phenoxy) is 1. The van der Waals surface area contributed by atoms with Gasteiger partial charge in [-0.25, -0.2) is 0 Å². The van der Waals surface area contributed by atoms with Gasteiger partial charge in [-0.05, 0) is 37.7 Å². The zero-order chi connectivity index (χ0) is 14.4. The van der Waals surface area contributed by atoms with Crippen molar-refractivity contribution < 1.29 is 4.74 Å². The van der Waals surface area contributed by atoms with Gasteiger partial charge < -0.3 is 15.4 Å². The Morgan fingerprint density at radius 3 is 2.85 bits per heavy atom. The maximum absolute atomic E-state index is 5.92. The molecule has 2 N–H and O–H groups in total. The lowest BCUT2D eigenvalue weighted by Gasteiger charge is -2.15. The Hall–Kier alpha value is -1.23. The zero-order valence-electron chi connectivity index (χ0n) is 11.5. The number of hydrogen-bond donors (Lipinski definition) is 1. The molecular weight excluding hydrogens is 292 g/mol. The van der Waals surface area contributed by atoms with Crippen molar-refractivity contribution in [1.29, 1.82) is 0 Å². The van der Waals surface area contributed by atoms with Gasteiger partial charge in [0.2, 0.25) is 0 Å². The van der Waals surface area contributed by atoms with Crippen molar-refractivity contribution in [2.75, 3.05) is 25.9 Å². The van der Waals surface area contributed by atoms with E-state index in [0.717, 1.165) is 35.3 Å². The lowest BCUT2D eigenvalue weighted by Crippen LogP contribution is -2.20. The first kappa shape index (κ1) is 15.2. The highest BCUT2D eigenvalue weighted by Crippen LogP contribution is 2.22. The number of nitrogens with zero attached hydrogens (tertiary/aromatic N) is 1. The summed E-state index contributed by atoms with van der Waals surface area (Å²) in [5, 5.41) is 0. The lowest BCUT2D eigenvalue weighted by atomic mass is 10.3. The molecule has 1 aromatic heterocycles. The lowest BCUT2D eigenvalue weighted by molar-refractivity contribution is 0.260. The van der Waals surface area contributed by atoms with E-state index in [0.29, 0.717) is 6.61 Å². The molecule has 0 bridgehead atoms. The van der Waals surface area contributed by atoms with Gasteiger partial charge in [0.1, 0.15) is 5.75 Å². The molecule has 0 fully saturated rings. The topological polar surface area (TPSA) is 38.5 Å². The van der Waals surface area contributed by atoms with Crippen molar-refractivity contribution in [2.45, 2.75) is 13.0 Å². The molecule has 0 unspecified atom stereocenters. The molecular formula is C15H19ClN2OS. The molecule has 1 heterocycles. The second kappa shape index (κ2) is 7.53. The standard InChI is InChI=1S/C15H19ClN2OS/c1-18(11-14-6-7-15(16)20-14)8-3-9-19-13-5-2-4-12(17)10-13/h2,4-7,10H,3,8-9,11,17H2,1H3. The van der Waals surface area contributed by atoms with Crippen LogP contribution in [0.1, 0.15) is 11.3 Å². The molecule has 0 aliphatic rings. The van der Waals surface area contributed by atoms with Crippen molar-refractivity contribution in [2.24, 2.45) is 0 Å². The molecule has 0 saturated heterocycles. The number of anilines is 1. The third kappa shape index (κ3) is 5.04. The van der Waals surface area contributed by atoms with Crippen LogP contribution in [0.25, 0.3) is 0 Å². The number of thiophene rings is 1. The molecule has 0 spiro atoms. The molecule has 2 aromatic rings. The molecule has 1 aromatic carbocycles. The van der Waals surface area contributed by atoms with Crippen LogP contribution in [0, 0.1) is 0 Å². The second-order valence-corrected chi connectivity index (χ2v) is 6.52. The summed E-state index contributed by atoms with van der Waals surface area (Å²) in [6, 6.07) is 11.5. The normalized spacial score (nSPS) is 10.9. The highest BCUT2D eigenvalue weighted by atomic mass is 35.5. The molecule has 0 aliphatic heterocycles. The van der Waals surface area contributed by atoms with Crippen molar-refractivity contribution in [3.05, 3.63) is 45.6 Å². The van der Waals surface area contributed by atoms with Gasteiger partial charge in [0.05, 0.1) is 10.9 Å². The second-order valence-electron chi connectivity index (χ2n) is 4.72. The Morgan fingerprint density at radius 1 is 1.30 bits per heavy atom. The quantitative estimate of drug-likeness (QED) is 0.623. The number of hydrogen-bond acceptors (Lipinski definition) is 4. The average Bonchev–Trinajstić information content (AvgIpc) is 2.80. The highest BCUT2D eigenvalue weighted by molar-refractivity contribution is 7.16. The fourth-order valence-electron chi connectivity index (χ4n) is 1.91. The Bertz CT molecular complexity index is 544. The molecule has 5 heteroatoms. The van der Waals surface area contributed by atoms with Gasteiger partial charge in [-0.1, -0.05) is 17.7 Å². The number of nitrogens with two attached hydrogens (primary N) is 1. The van der Waals surface area contributed by atoms with E-state index in [2.05, 4.69) is 18.0 Å². The van der Waals surface area contributed by atoms with Crippen LogP contribution >= 0.6 is 22.9 Å². The Kier molecular flexibility index (Phi) is 5.71. The van der Waals surface area contributed by atoms with Crippen LogP contribution < -0.4 is 10.5 Å². The minimum atomic E-state index is 0.693. The van der Waals surface area contributed by atoms with E-state index in [4.69, 9.17) is 22.1 Å². The van der Waals surface area contributed by atoms with E-state index in [1.807, 2.05) is 30.3 Å². The molecule has 0 amide bonds. The van der Waals surface area contributed by atoms with E-state index < -0.39 is 0 Å². The van der Waals surface area contributed by atoms with Crippen molar-refractivity contribution in [3.63, 3.8) is 0 Å². The molecule has 2 rings (SSSR count). The minimum Gasteiger partial charge on any atom is -0.493 e. The van der Waals surface area contributed by atoms with Crippen LogP contribution in [0.2, 0.25) is 4.34 Å². The van der Waals surface area contributed by atoms with Crippen LogP contribution in [0.15, 0.2) is 36.4 Å². The van der Waals surface area contributed by atoms with Gasteiger partial charge >= 0.3 is 0 Å². The van der Waals surface area contributed by atoms with Gasteiger partial charge in [0.25, 0.3) is 0 Å². The van der Waals surface area contributed by atoms with Crippen molar-refractivity contribution >= 4 is 28.6 Å². The third-order valence-corrected chi connectivity index (χ3v) is 4.08. The van der Waals surface area contributed by atoms with Crippen molar-refractivity contribution in [1.82, 2.24) is 4.90 Å². The summed E-state index contributed by atoms with van der Waals surface area (Å²) in [5.74, 6) is 0.831. The molecule has 3 nitrogen and oxygen atoms in total. The van der Waals surface area contributed by atoms with Gasteiger partial charge in [-0.2, -0.15) is 0 Å². The van der Waals surface area contributed by atoms with E-state index in [1.54, 1.807) is 11.3 Å². The van der Waals surface area contributed by atoms with Gasteiger partial charge in [-0.3, -0.25) is 0 Å². The van der Waals surface area contributed by atoms with Crippen LogP contribution in [0.3, 0.4) is 0 Å². The van der Waals surface area contributed by atoms with Crippen LogP contribution in [0.4, 0.5) is 5.69 Å². The zero-order valence-corrected chi connectivity index (χ0v) is 13.1. The van der Waals surface area contributed by atoms with E-state index >= 15 is 0 Å². The predicted molar refractivity (Wildman–Crippen MR) is 86.6 cm³/mol. The van der Waals surface area contributed by atoms with Crippen molar-refractivity contribution in [3.8, 4) is 5.75 Å². The van der Waals surface area contributed by atoms with E-state index in [9.17, 15) is 0 Å². The Labute approximate surface area is 128 Å². The summed E-state index contributed by atoms with van der Waals surface area (Å²) < 4.78 is 6.51. The summed E-state index contributed by atoms with van der Waals surface area (Å²) in [7, 11) is 2.11. The average molecular weight is 311 g/mol. The van der Waals surface area contributed by atoms with E-state index in [1.165, 1.54) is 4.88 Å². The van der Waals surface area contributed by atoms with Crippen LogP contribution in [0.5, 0.6) is 5.75 Å². The number of halogens is 1. The first-order valence-corrected chi connectivity index (χ1v) is 7.74. The third-order valence-electron chi connectivity index (χ3n) is 2.87. The fourth-order valence-corrected chi connectivity index (χ4v) is 3.08. The predicted octanol–water partition coefficient (Wildman–Crippen LogP) is 3.88. The first-order chi connectivity index (χ1) is 9.63. The molecule has 0 radical (unpaired) electrons. The van der Waals surface area contributed by atoms with E-state index in [-0.39, 0.29) is 0 Å². The molecule has 108 valence electrons. The number of nitrogen functional groups attached to an aromatic ring is 1. The largest absolute Gasteiger partial charge is 0.493 e.